The van der Waals surface area contributed by atoms with Gasteiger partial charge >= 0.3 is 0 Å². The molecule has 2 heteroatoms. The van der Waals surface area contributed by atoms with Crippen molar-refractivity contribution >= 4 is 0 Å². The van der Waals surface area contributed by atoms with Crippen molar-refractivity contribution in [1.29, 1.82) is 0 Å². The van der Waals surface area contributed by atoms with Gasteiger partial charge in [-0.15, -0.1) is 0 Å². The average Bonchev–Trinajstić information content (AvgIpc) is 2.26. The van der Waals surface area contributed by atoms with Gasteiger partial charge in [0, 0.05) is 19.1 Å². The van der Waals surface area contributed by atoms with E-state index in [0.29, 0.717) is 12.1 Å². The maximum absolute atomic E-state index is 5.91. The van der Waals surface area contributed by atoms with Crippen LogP contribution in [0, 0.1) is 17.8 Å². The summed E-state index contributed by atoms with van der Waals surface area (Å²) in [4.78, 5) is 2.56. The summed E-state index contributed by atoms with van der Waals surface area (Å²) >= 11 is 0. The average molecular weight is 253 g/mol. The molecule has 1 heterocycles. The molecule has 0 amide bonds. The summed E-state index contributed by atoms with van der Waals surface area (Å²) in [6.07, 6.45) is 6.11. The van der Waals surface area contributed by atoms with Gasteiger partial charge in [-0.25, -0.2) is 0 Å². The minimum Gasteiger partial charge on any atom is -0.376 e. The number of nitrogens with zero attached hydrogens (tertiary/aromatic N) is 1. The highest BCUT2D eigenvalue weighted by molar-refractivity contribution is 4.83. The summed E-state index contributed by atoms with van der Waals surface area (Å²) < 4.78 is 5.91. The molecule has 18 heavy (non-hydrogen) atoms. The van der Waals surface area contributed by atoms with E-state index in [2.05, 4.69) is 32.6 Å². The lowest BCUT2D eigenvalue weighted by molar-refractivity contribution is -0.0470. The Hall–Kier alpha value is -0.0800. The van der Waals surface area contributed by atoms with Gasteiger partial charge in [0.15, 0.2) is 0 Å². The van der Waals surface area contributed by atoms with E-state index in [-0.39, 0.29) is 0 Å². The summed E-state index contributed by atoms with van der Waals surface area (Å²) in [5.41, 5.74) is 0. The first-order valence-electron chi connectivity index (χ1n) is 7.92. The molecule has 0 N–H and O–H groups in total. The van der Waals surface area contributed by atoms with Crippen LogP contribution in [-0.2, 0) is 4.74 Å². The summed E-state index contributed by atoms with van der Waals surface area (Å²) in [5.74, 6) is 2.90. The van der Waals surface area contributed by atoms with E-state index >= 15 is 0 Å². The summed E-state index contributed by atoms with van der Waals surface area (Å²) in [5, 5.41) is 0. The Kier molecular flexibility index (Phi) is 5.08. The van der Waals surface area contributed by atoms with Gasteiger partial charge in [0.05, 0.1) is 12.7 Å². The second kappa shape index (κ2) is 6.38. The van der Waals surface area contributed by atoms with Crippen LogP contribution in [0.5, 0.6) is 0 Å². The van der Waals surface area contributed by atoms with E-state index < -0.39 is 0 Å². The van der Waals surface area contributed by atoms with Crippen molar-refractivity contribution < 1.29 is 4.74 Å². The highest BCUT2D eigenvalue weighted by Gasteiger charge is 2.32. The van der Waals surface area contributed by atoms with Crippen molar-refractivity contribution in [2.24, 2.45) is 17.8 Å². The van der Waals surface area contributed by atoms with Crippen molar-refractivity contribution in [2.45, 2.75) is 65.5 Å². The van der Waals surface area contributed by atoms with E-state index in [1.807, 2.05) is 0 Å². The highest BCUT2D eigenvalue weighted by Crippen LogP contribution is 2.41. The van der Waals surface area contributed by atoms with Crippen molar-refractivity contribution in [3.8, 4) is 0 Å². The van der Waals surface area contributed by atoms with E-state index in [1.54, 1.807) is 0 Å². The molecule has 0 aromatic heterocycles. The Balaban J connectivity index is 1.62. The lowest BCUT2D eigenvalue weighted by Gasteiger charge is -2.40. The third-order valence-corrected chi connectivity index (χ3v) is 5.01. The largest absolute Gasteiger partial charge is 0.376 e. The normalized spacial score (nSPS) is 34.0. The summed E-state index contributed by atoms with van der Waals surface area (Å²) in [6, 6.07) is 0.672. The Morgan fingerprint density at radius 1 is 1.11 bits per heavy atom. The van der Waals surface area contributed by atoms with Crippen LogP contribution < -0.4 is 0 Å². The third kappa shape index (κ3) is 3.71. The fourth-order valence-electron chi connectivity index (χ4n) is 3.37. The predicted molar refractivity (Wildman–Crippen MR) is 76.7 cm³/mol. The molecule has 1 saturated heterocycles. The van der Waals surface area contributed by atoms with Gasteiger partial charge in [0.2, 0.25) is 0 Å². The van der Waals surface area contributed by atoms with E-state index in [4.69, 9.17) is 4.74 Å². The first-order valence-corrected chi connectivity index (χ1v) is 7.92. The number of hydrogen-bond donors (Lipinski definition) is 0. The molecule has 1 unspecified atom stereocenters. The lowest BCUT2D eigenvalue weighted by Crippen LogP contribution is -2.46. The van der Waals surface area contributed by atoms with Crippen LogP contribution in [0.25, 0.3) is 0 Å². The maximum atomic E-state index is 5.91. The molecule has 0 radical (unpaired) electrons. The highest BCUT2D eigenvalue weighted by atomic mass is 16.5. The molecule has 1 atom stereocenters. The topological polar surface area (TPSA) is 12.5 Å². The Labute approximate surface area is 113 Å². The zero-order valence-electron chi connectivity index (χ0n) is 12.7. The summed E-state index contributed by atoms with van der Waals surface area (Å²) in [6.45, 7) is 12.5. The number of hydrogen-bond acceptors (Lipinski definition) is 2. The van der Waals surface area contributed by atoms with E-state index in [9.17, 15) is 0 Å². The van der Waals surface area contributed by atoms with Crippen LogP contribution in [0.3, 0.4) is 0 Å². The molecule has 2 nitrogen and oxygen atoms in total. The second-order valence-corrected chi connectivity index (χ2v) is 7.00. The molecule has 106 valence electrons. The smallest absolute Gasteiger partial charge is 0.0702 e. The van der Waals surface area contributed by atoms with Crippen molar-refractivity contribution in [3.63, 3.8) is 0 Å². The zero-order chi connectivity index (χ0) is 13.1. The van der Waals surface area contributed by atoms with Gasteiger partial charge < -0.3 is 4.74 Å². The molecular formula is C16H31NO. The number of morpholine rings is 1. The molecule has 1 aliphatic carbocycles. The van der Waals surface area contributed by atoms with E-state index in [0.717, 1.165) is 37.5 Å². The zero-order valence-corrected chi connectivity index (χ0v) is 12.7. The monoisotopic (exact) mass is 253 g/mol. The molecule has 1 aliphatic heterocycles. The number of rotatable bonds is 5. The lowest BCUT2D eigenvalue weighted by atomic mass is 9.68. The Morgan fingerprint density at radius 2 is 1.83 bits per heavy atom. The van der Waals surface area contributed by atoms with Gasteiger partial charge in [-0.2, -0.15) is 0 Å². The first kappa shape index (κ1) is 14.3. The fraction of sp³-hybridized carbons (Fsp3) is 1.00. The number of ether oxygens (including phenoxy) is 1. The summed E-state index contributed by atoms with van der Waals surface area (Å²) in [7, 11) is 0. The molecular weight excluding hydrogens is 222 g/mol. The molecule has 0 aromatic carbocycles. The molecule has 2 aliphatic rings. The van der Waals surface area contributed by atoms with Crippen molar-refractivity contribution in [1.82, 2.24) is 4.90 Å². The van der Waals surface area contributed by atoms with Crippen LogP contribution >= 0.6 is 0 Å². The second-order valence-electron chi connectivity index (χ2n) is 7.00. The van der Waals surface area contributed by atoms with E-state index in [1.165, 1.54) is 25.7 Å². The van der Waals surface area contributed by atoms with Crippen molar-refractivity contribution in [3.05, 3.63) is 0 Å². The van der Waals surface area contributed by atoms with Gasteiger partial charge in [0.25, 0.3) is 0 Å². The SMILES string of the molecule is CC(C)C1CC(CCC2CN(C(C)C)CCO2)C1. The first-order chi connectivity index (χ1) is 8.56. The third-order valence-electron chi connectivity index (χ3n) is 5.01. The molecule has 0 aromatic rings. The molecule has 2 rings (SSSR count). The standard InChI is InChI=1S/C16H31NO/c1-12(2)15-9-14(10-15)5-6-16-11-17(13(3)4)7-8-18-16/h12-16H,5-11H2,1-4H3. The fourth-order valence-corrected chi connectivity index (χ4v) is 3.37. The minimum absolute atomic E-state index is 0.499. The minimum atomic E-state index is 0.499. The van der Waals surface area contributed by atoms with Gasteiger partial charge in [-0.05, 0) is 57.3 Å². The van der Waals surface area contributed by atoms with Crippen LogP contribution in [0.4, 0.5) is 0 Å². The Morgan fingerprint density at radius 3 is 2.44 bits per heavy atom. The maximum Gasteiger partial charge on any atom is 0.0702 e. The van der Waals surface area contributed by atoms with Gasteiger partial charge in [-0.3, -0.25) is 4.90 Å². The van der Waals surface area contributed by atoms with Gasteiger partial charge in [-0.1, -0.05) is 13.8 Å². The molecule has 1 saturated carbocycles. The molecule has 0 bridgehead atoms. The molecule has 0 spiro atoms. The van der Waals surface area contributed by atoms with Crippen LogP contribution in [-0.4, -0.2) is 36.7 Å². The predicted octanol–water partition coefficient (Wildman–Crippen LogP) is 3.56. The van der Waals surface area contributed by atoms with Crippen LogP contribution in [0.2, 0.25) is 0 Å². The van der Waals surface area contributed by atoms with Crippen molar-refractivity contribution in [2.75, 3.05) is 19.7 Å². The molecule has 2 fully saturated rings. The van der Waals surface area contributed by atoms with Crippen LogP contribution in [0.1, 0.15) is 53.4 Å². The van der Waals surface area contributed by atoms with Gasteiger partial charge in [0.1, 0.15) is 0 Å². The quantitative estimate of drug-likeness (QED) is 0.743. The van der Waals surface area contributed by atoms with Crippen LogP contribution in [0.15, 0.2) is 0 Å². The Bertz CT molecular complexity index is 245.